The Bertz CT molecular complexity index is 568. The van der Waals surface area contributed by atoms with Crippen LogP contribution in [0, 0.1) is 10.7 Å². The molecular weight excluding hydrogens is 198 g/mol. The molecule has 1 aromatic carbocycles. The Kier molecular flexibility index (Phi) is 2.25. The van der Waals surface area contributed by atoms with E-state index < -0.39 is 5.63 Å². The zero-order valence-corrected chi connectivity index (χ0v) is 7.88. The SMILES string of the molecule is N#CSc1cc2ccccc2oc1=O. The summed E-state index contributed by atoms with van der Waals surface area (Å²) in [5, 5.41) is 11.1. The first-order valence-corrected chi connectivity index (χ1v) is 4.72. The molecule has 0 atom stereocenters. The van der Waals surface area contributed by atoms with Gasteiger partial charge in [0.15, 0.2) is 0 Å². The molecule has 2 aromatic rings. The van der Waals surface area contributed by atoms with Crippen molar-refractivity contribution in [1.82, 2.24) is 0 Å². The minimum absolute atomic E-state index is 0.325. The lowest BCUT2D eigenvalue weighted by molar-refractivity contribution is 0.544. The van der Waals surface area contributed by atoms with Gasteiger partial charge in [-0.05, 0) is 23.9 Å². The number of hydrogen-bond donors (Lipinski definition) is 0. The molecule has 68 valence electrons. The Morgan fingerprint density at radius 1 is 1.36 bits per heavy atom. The standard InChI is InChI=1S/C10H5NO2S/c11-6-14-9-5-7-3-1-2-4-8(7)13-10(9)12/h1-5H. The summed E-state index contributed by atoms with van der Waals surface area (Å²) in [6.07, 6.45) is 0. The van der Waals surface area contributed by atoms with E-state index in [0.29, 0.717) is 10.5 Å². The predicted molar refractivity (Wildman–Crippen MR) is 54.0 cm³/mol. The molecule has 0 aliphatic rings. The van der Waals surface area contributed by atoms with E-state index in [1.807, 2.05) is 17.5 Å². The van der Waals surface area contributed by atoms with Gasteiger partial charge in [0.05, 0.1) is 0 Å². The molecule has 0 N–H and O–H groups in total. The molecule has 0 fully saturated rings. The normalized spacial score (nSPS) is 9.93. The summed E-state index contributed by atoms with van der Waals surface area (Å²) in [5.74, 6) is 0. The molecule has 0 aliphatic carbocycles. The van der Waals surface area contributed by atoms with E-state index in [1.165, 1.54) is 0 Å². The van der Waals surface area contributed by atoms with Crippen molar-refractivity contribution >= 4 is 22.7 Å². The van der Waals surface area contributed by atoms with Crippen LogP contribution < -0.4 is 5.63 Å². The molecular formula is C10H5NO2S. The van der Waals surface area contributed by atoms with Crippen LogP contribution in [0.3, 0.4) is 0 Å². The predicted octanol–water partition coefficient (Wildman–Crippen LogP) is 2.37. The van der Waals surface area contributed by atoms with Crippen molar-refractivity contribution < 1.29 is 4.42 Å². The Balaban J connectivity index is 2.72. The highest BCUT2D eigenvalue weighted by molar-refractivity contribution is 8.03. The topological polar surface area (TPSA) is 54.0 Å². The van der Waals surface area contributed by atoms with Crippen molar-refractivity contribution in [2.75, 3.05) is 0 Å². The zero-order valence-electron chi connectivity index (χ0n) is 7.06. The third-order valence-corrected chi connectivity index (χ3v) is 2.36. The van der Waals surface area contributed by atoms with Crippen molar-refractivity contribution in [2.45, 2.75) is 4.90 Å². The molecule has 0 saturated carbocycles. The van der Waals surface area contributed by atoms with E-state index in [0.717, 1.165) is 17.1 Å². The fraction of sp³-hybridized carbons (Fsp3) is 0. The molecule has 3 nitrogen and oxygen atoms in total. The zero-order chi connectivity index (χ0) is 9.97. The highest BCUT2D eigenvalue weighted by atomic mass is 32.2. The average Bonchev–Trinajstić information content (AvgIpc) is 2.19. The van der Waals surface area contributed by atoms with E-state index in [1.54, 1.807) is 18.2 Å². The number of benzene rings is 1. The molecule has 2 rings (SSSR count). The van der Waals surface area contributed by atoms with Gasteiger partial charge in [-0.1, -0.05) is 18.2 Å². The Hall–Kier alpha value is -1.73. The van der Waals surface area contributed by atoms with Gasteiger partial charge in [-0.15, -0.1) is 0 Å². The van der Waals surface area contributed by atoms with Crippen LogP contribution in [0.4, 0.5) is 0 Å². The summed E-state index contributed by atoms with van der Waals surface area (Å²) in [6.45, 7) is 0. The smallest absolute Gasteiger partial charge is 0.351 e. The van der Waals surface area contributed by atoms with Crippen LogP contribution in [-0.4, -0.2) is 0 Å². The van der Waals surface area contributed by atoms with E-state index >= 15 is 0 Å². The van der Waals surface area contributed by atoms with Gasteiger partial charge < -0.3 is 4.42 Å². The van der Waals surface area contributed by atoms with E-state index in [-0.39, 0.29) is 0 Å². The summed E-state index contributed by atoms with van der Waals surface area (Å²) >= 11 is 0.816. The van der Waals surface area contributed by atoms with Crippen LogP contribution in [0.25, 0.3) is 11.0 Å². The van der Waals surface area contributed by atoms with E-state index in [2.05, 4.69) is 0 Å². The van der Waals surface area contributed by atoms with Crippen LogP contribution in [0.15, 0.2) is 44.4 Å². The summed E-state index contributed by atoms with van der Waals surface area (Å²) in [4.78, 5) is 11.6. The third-order valence-electron chi connectivity index (χ3n) is 1.77. The van der Waals surface area contributed by atoms with Gasteiger partial charge in [0.2, 0.25) is 0 Å². The molecule has 4 heteroatoms. The molecule has 0 saturated heterocycles. The van der Waals surface area contributed by atoms with E-state index in [9.17, 15) is 4.79 Å². The lowest BCUT2D eigenvalue weighted by Crippen LogP contribution is -2.00. The van der Waals surface area contributed by atoms with Crippen LogP contribution in [-0.2, 0) is 0 Å². The fourth-order valence-corrected chi connectivity index (χ4v) is 1.57. The second kappa shape index (κ2) is 3.56. The Morgan fingerprint density at radius 2 is 2.14 bits per heavy atom. The van der Waals surface area contributed by atoms with Gasteiger partial charge in [-0.3, -0.25) is 0 Å². The summed E-state index contributed by atoms with van der Waals surface area (Å²) in [7, 11) is 0. The van der Waals surface area contributed by atoms with Crippen molar-refractivity contribution in [3.63, 3.8) is 0 Å². The number of hydrogen-bond acceptors (Lipinski definition) is 4. The minimum Gasteiger partial charge on any atom is -0.422 e. The number of para-hydroxylation sites is 1. The van der Waals surface area contributed by atoms with Gasteiger partial charge in [-0.25, -0.2) is 4.79 Å². The van der Waals surface area contributed by atoms with Gasteiger partial charge in [0.25, 0.3) is 0 Å². The second-order valence-corrected chi connectivity index (χ2v) is 3.46. The molecule has 1 aromatic heterocycles. The third kappa shape index (κ3) is 1.50. The fourth-order valence-electron chi connectivity index (χ4n) is 1.16. The highest BCUT2D eigenvalue weighted by Crippen LogP contribution is 2.18. The molecule has 0 amide bonds. The quantitative estimate of drug-likeness (QED) is 0.405. The average molecular weight is 203 g/mol. The summed E-state index contributed by atoms with van der Waals surface area (Å²) < 4.78 is 5.02. The van der Waals surface area contributed by atoms with Gasteiger partial charge in [0, 0.05) is 5.39 Å². The number of nitriles is 1. The van der Waals surface area contributed by atoms with Crippen LogP contribution >= 0.6 is 11.8 Å². The summed E-state index contributed by atoms with van der Waals surface area (Å²) in [6, 6.07) is 8.86. The molecule has 0 aliphatic heterocycles. The lowest BCUT2D eigenvalue weighted by Gasteiger charge is -1.96. The highest BCUT2D eigenvalue weighted by Gasteiger charge is 2.04. The number of nitrogens with zero attached hydrogens (tertiary/aromatic N) is 1. The molecule has 0 radical (unpaired) electrons. The molecule has 0 spiro atoms. The molecule has 14 heavy (non-hydrogen) atoms. The maximum Gasteiger partial charge on any atom is 0.351 e. The van der Waals surface area contributed by atoms with Crippen molar-refractivity contribution in [1.29, 1.82) is 5.26 Å². The number of rotatable bonds is 1. The first-order chi connectivity index (χ1) is 6.81. The van der Waals surface area contributed by atoms with Crippen LogP contribution in [0.1, 0.15) is 0 Å². The number of fused-ring (bicyclic) bond motifs is 1. The number of thioether (sulfide) groups is 1. The molecule has 0 unspecified atom stereocenters. The first-order valence-electron chi connectivity index (χ1n) is 3.90. The van der Waals surface area contributed by atoms with Crippen molar-refractivity contribution in [2.24, 2.45) is 0 Å². The van der Waals surface area contributed by atoms with Crippen LogP contribution in [0.5, 0.6) is 0 Å². The first kappa shape index (κ1) is 8.85. The molecule has 1 heterocycles. The van der Waals surface area contributed by atoms with Crippen LogP contribution in [0.2, 0.25) is 0 Å². The Labute approximate surface area is 84.0 Å². The van der Waals surface area contributed by atoms with Crippen molar-refractivity contribution in [3.8, 4) is 5.40 Å². The van der Waals surface area contributed by atoms with Gasteiger partial charge >= 0.3 is 5.63 Å². The maximum atomic E-state index is 11.3. The van der Waals surface area contributed by atoms with Gasteiger partial charge in [0.1, 0.15) is 15.9 Å². The lowest BCUT2D eigenvalue weighted by atomic mass is 10.2. The maximum absolute atomic E-state index is 11.3. The summed E-state index contributed by atoms with van der Waals surface area (Å²) in [5.41, 5.74) is 0.0787. The Morgan fingerprint density at radius 3 is 2.93 bits per heavy atom. The van der Waals surface area contributed by atoms with Crippen molar-refractivity contribution in [3.05, 3.63) is 40.8 Å². The molecule has 0 bridgehead atoms. The largest absolute Gasteiger partial charge is 0.422 e. The number of thiocyanates is 1. The van der Waals surface area contributed by atoms with Gasteiger partial charge in [-0.2, -0.15) is 5.26 Å². The second-order valence-electron chi connectivity index (χ2n) is 2.63. The monoisotopic (exact) mass is 203 g/mol. The minimum atomic E-state index is -0.463. The van der Waals surface area contributed by atoms with E-state index in [4.69, 9.17) is 9.68 Å².